The maximum Gasteiger partial charge on any atom is 0.422 e. The first-order valence-electron chi connectivity index (χ1n) is 4.34. The molecule has 0 aliphatic carbocycles. The zero-order chi connectivity index (χ0) is 12.9. The molecule has 90 valence electrons. The number of ether oxygens (including phenoxy) is 1. The molecule has 1 aromatic carbocycles. The van der Waals surface area contributed by atoms with Crippen LogP contribution in [-0.2, 0) is 14.8 Å². The van der Waals surface area contributed by atoms with Gasteiger partial charge in [0, 0.05) is 4.47 Å². The summed E-state index contributed by atoms with van der Waals surface area (Å²) in [6.45, 7) is -0.290. The molecule has 1 rings (SSSR count). The van der Waals surface area contributed by atoms with E-state index in [2.05, 4.69) is 20.7 Å². The number of terminal acetylenes is 1. The van der Waals surface area contributed by atoms with Crippen molar-refractivity contribution in [2.24, 2.45) is 0 Å². The molecule has 17 heavy (non-hydrogen) atoms. The summed E-state index contributed by atoms with van der Waals surface area (Å²) in [5.74, 6) is 2.05. The molecule has 0 spiro atoms. The van der Waals surface area contributed by atoms with Gasteiger partial charge in [-0.15, -0.1) is 6.42 Å². The lowest BCUT2D eigenvalue weighted by molar-refractivity contribution is 0.166. The molecule has 0 fully saturated rings. The Hall–Kier alpha value is -1.52. The van der Waals surface area contributed by atoms with Crippen LogP contribution in [0.25, 0.3) is 0 Å². The van der Waals surface area contributed by atoms with Crippen molar-refractivity contribution in [3.8, 4) is 12.3 Å². The summed E-state index contributed by atoms with van der Waals surface area (Å²) in [6.07, 6.45) is 3.75. The number of hydrogen-bond acceptors (Lipinski definition) is 4. The first-order chi connectivity index (χ1) is 7.95. The standard InChI is InChI=1S/C10H8BrNO4S/c1-2-7-16-10(13)12-17(14,15)9-5-3-8(11)4-6-9/h1,3-6H,7H2,(H,12,13). The second kappa shape index (κ2) is 5.70. The number of benzene rings is 1. The lowest BCUT2D eigenvalue weighted by Crippen LogP contribution is -2.31. The SMILES string of the molecule is C#CCOC(=O)NS(=O)(=O)c1ccc(Br)cc1. The van der Waals surface area contributed by atoms with E-state index in [0.29, 0.717) is 0 Å². The van der Waals surface area contributed by atoms with Gasteiger partial charge < -0.3 is 4.74 Å². The zero-order valence-electron chi connectivity index (χ0n) is 8.51. The van der Waals surface area contributed by atoms with Crippen LogP contribution in [-0.4, -0.2) is 21.1 Å². The second-order valence-electron chi connectivity index (χ2n) is 2.84. The van der Waals surface area contributed by atoms with E-state index in [1.807, 2.05) is 5.92 Å². The average molecular weight is 318 g/mol. The Morgan fingerprint density at radius 3 is 2.53 bits per heavy atom. The molecular formula is C10H8BrNO4S. The van der Waals surface area contributed by atoms with Gasteiger partial charge in [-0.05, 0) is 24.3 Å². The minimum absolute atomic E-state index is 0.0432. The van der Waals surface area contributed by atoms with Crippen LogP contribution in [0.1, 0.15) is 0 Å². The van der Waals surface area contributed by atoms with Crippen molar-refractivity contribution in [1.82, 2.24) is 4.72 Å². The molecular weight excluding hydrogens is 310 g/mol. The highest BCUT2D eigenvalue weighted by Gasteiger charge is 2.17. The lowest BCUT2D eigenvalue weighted by atomic mass is 10.4. The molecule has 0 saturated carbocycles. The fourth-order valence-corrected chi connectivity index (χ4v) is 2.07. The van der Waals surface area contributed by atoms with Gasteiger partial charge in [0.15, 0.2) is 6.61 Å². The van der Waals surface area contributed by atoms with Crippen molar-refractivity contribution in [3.63, 3.8) is 0 Å². The van der Waals surface area contributed by atoms with E-state index in [9.17, 15) is 13.2 Å². The summed E-state index contributed by atoms with van der Waals surface area (Å²) in [5.41, 5.74) is 0. The summed E-state index contributed by atoms with van der Waals surface area (Å²) >= 11 is 3.17. The molecule has 1 N–H and O–H groups in total. The summed E-state index contributed by atoms with van der Waals surface area (Å²) in [6, 6.07) is 5.78. The number of nitrogens with one attached hydrogen (secondary N) is 1. The lowest BCUT2D eigenvalue weighted by Gasteiger charge is -2.06. The van der Waals surface area contributed by atoms with E-state index in [-0.39, 0.29) is 11.5 Å². The van der Waals surface area contributed by atoms with Gasteiger partial charge in [0.25, 0.3) is 10.0 Å². The van der Waals surface area contributed by atoms with Crippen LogP contribution in [0.2, 0.25) is 0 Å². The molecule has 0 bridgehead atoms. The molecule has 0 atom stereocenters. The summed E-state index contributed by atoms with van der Waals surface area (Å²) in [5, 5.41) is 0. The number of halogens is 1. The van der Waals surface area contributed by atoms with Gasteiger partial charge in [0.1, 0.15) is 0 Å². The van der Waals surface area contributed by atoms with Gasteiger partial charge >= 0.3 is 6.09 Å². The summed E-state index contributed by atoms with van der Waals surface area (Å²) in [7, 11) is -3.92. The van der Waals surface area contributed by atoms with Gasteiger partial charge in [-0.25, -0.2) is 17.9 Å². The monoisotopic (exact) mass is 317 g/mol. The summed E-state index contributed by atoms with van der Waals surface area (Å²) < 4.78 is 30.1. The molecule has 0 aliphatic rings. The van der Waals surface area contributed by atoms with Gasteiger partial charge in [0.2, 0.25) is 0 Å². The number of sulfonamides is 1. The van der Waals surface area contributed by atoms with Crippen molar-refractivity contribution in [2.75, 3.05) is 6.61 Å². The predicted molar refractivity (Wildman–Crippen MR) is 64.6 cm³/mol. The third-order valence-corrected chi connectivity index (χ3v) is 3.49. The maximum atomic E-state index is 11.6. The molecule has 0 saturated heterocycles. The highest BCUT2D eigenvalue weighted by molar-refractivity contribution is 9.10. The van der Waals surface area contributed by atoms with Crippen LogP contribution in [0, 0.1) is 12.3 Å². The Balaban J connectivity index is 2.79. The van der Waals surface area contributed by atoms with Gasteiger partial charge in [-0.2, -0.15) is 0 Å². The predicted octanol–water partition coefficient (Wildman–Crippen LogP) is 1.50. The third-order valence-electron chi connectivity index (χ3n) is 1.63. The van der Waals surface area contributed by atoms with Crippen LogP contribution >= 0.6 is 15.9 Å². The van der Waals surface area contributed by atoms with Crippen LogP contribution in [0.4, 0.5) is 4.79 Å². The summed E-state index contributed by atoms with van der Waals surface area (Å²) in [4.78, 5) is 11.0. The van der Waals surface area contributed by atoms with E-state index in [1.54, 1.807) is 16.9 Å². The van der Waals surface area contributed by atoms with Crippen LogP contribution in [0.3, 0.4) is 0 Å². The van der Waals surface area contributed by atoms with E-state index in [4.69, 9.17) is 6.42 Å². The largest absolute Gasteiger partial charge is 0.436 e. The molecule has 1 aromatic rings. The number of carbonyl (C=O) groups excluding carboxylic acids is 1. The number of hydrogen-bond donors (Lipinski definition) is 1. The number of carbonyl (C=O) groups is 1. The van der Waals surface area contributed by atoms with Crippen LogP contribution in [0.15, 0.2) is 33.6 Å². The molecule has 7 heteroatoms. The fourth-order valence-electron chi connectivity index (χ4n) is 0.919. The topological polar surface area (TPSA) is 72.5 Å². The van der Waals surface area contributed by atoms with E-state index in [0.717, 1.165) is 4.47 Å². The molecule has 0 radical (unpaired) electrons. The fraction of sp³-hybridized carbons (Fsp3) is 0.100. The molecule has 0 aromatic heterocycles. The normalized spacial score (nSPS) is 10.4. The smallest absolute Gasteiger partial charge is 0.422 e. The highest BCUT2D eigenvalue weighted by atomic mass is 79.9. The molecule has 0 unspecified atom stereocenters. The molecule has 5 nitrogen and oxygen atoms in total. The Kier molecular flexibility index (Phi) is 4.54. The van der Waals surface area contributed by atoms with E-state index < -0.39 is 16.1 Å². The van der Waals surface area contributed by atoms with Crippen LogP contribution < -0.4 is 4.72 Å². The highest BCUT2D eigenvalue weighted by Crippen LogP contribution is 2.14. The molecule has 0 aliphatic heterocycles. The van der Waals surface area contributed by atoms with Crippen molar-refractivity contribution in [3.05, 3.63) is 28.7 Å². The van der Waals surface area contributed by atoms with Gasteiger partial charge in [-0.3, -0.25) is 0 Å². The minimum Gasteiger partial charge on any atom is -0.436 e. The Labute approximate surface area is 107 Å². The van der Waals surface area contributed by atoms with Gasteiger partial charge in [0.05, 0.1) is 4.90 Å². The first kappa shape index (κ1) is 13.5. The van der Waals surface area contributed by atoms with Crippen molar-refractivity contribution < 1.29 is 17.9 Å². The maximum absolute atomic E-state index is 11.6. The van der Waals surface area contributed by atoms with Crippen molar-refractivity contribution >= 4 is 32.0 Å². The average Bonchev–Trinajstić information content (AvgIpc) is 2.26. The second-order valence-corrected chi connectivity index (χ2v) is 5.44. The Morgan fingerprint density at radius 1 is 1.41 bits per heavy atom. The van der Waals surface area contributed by atoms with Gasteiger partial charge in [-0.1, -0.05) is 21.9 Å². The minimum atomic E-state index is -3.92. The zero-order valence-corrected chi connectivity index (χ0v) is 10.9. The van der Waals surface area contributed by atoms with Crippen molar-refractivity contribution in [2.45, 2.75) is 4.90 Å². The number of rotatable bonds is 3. The molecule has 1 amide bonds. The molecule has 0 heterocycles. The van der Waals surface area contributed by atoms with E-state index in [1.165, 1.54) is 12.1 Å². The Bertz CT molecular complexity index is 545. The number of amides is 1. The quantitative estimate of drug-likeness (QED) is 0.857. The Morgan fingerprint density at radius 2 is 2.00 bits per heavy atom. The van der Waals surface area contributed by atoms with Crippen molar-refractivity contribution in [1.29, 1.82) is 0 Å². The van der Waals surface area contributed by atoms with E-state index >= 15 is 0 Å². The first-order valence-corrected chi connectivity index (χ1v) is 6.62. The third kappa shape index (κ3) is 4.09. The van der Waals surface area contributed by atoms with Crippen LogP contribution in [0.5, 0.6) is 0 Å².